The molecule has 5 aliphatic rings. The second kappa shape index (κ2) is 17.3. The van der Waals surface area contributed by atoms with Gasteiger partial charge < -0.3 is 35.2 Å². The van der Waals surface area contributed by atoms with E-state index < -0.39 is 30.3 Å². The van der Waals surface area contributed by atoms with E-state index in [2.05, 4.69) is 58.4 Å². The van der Waals surface area contributed by atoms with Crippen LogP contribution in [0.3, 0.4) is 0 Å². The van der Waals surface area contributed by atoms with Crippen molar-refractivity contribution in [1.82, 2.24) is 20.4 Å². The molecular weight excluding hydrogens is 773 g/mol. The topological polar surface area (TPSA) is 159 Å². The molecule has 3 aromatic carbocycles. The molecule has 322 valence electrons. The Kier molecular flexibility index (Phi) is 11.9. The Hall–Kier alpha value is -5.72. The smallest absolute Gasteiger partial charge is 0.407 e. The molecule has 2 unspecified atom stereocenters. The van der Waals surface area contributed by atoms with Crippen molar-refractivity contribution >= 4 is 47.0 Å². The first-order chi connectivity index (χ1) is 29.4. The summed E-state index contributed by atoms with van der Waals surface area (Å²) in [6.45, 7) is 8.64. The number of carbonyl (C=O) groups excluding carboxylic acids is 5. The SMILES string of the molecule is COC(=O)N[C@H](C(=O)N1CCC[C@H]1C(=O)Nc1ccc(-c2ccc(-c3ccc4c(c3)CC([C@@H]3CCCN3C(=O)[C@@H](NC(=O)OC)C(C)C)=N4)c3c2CC2CCC32)cc1)C(C)C. The van der Waals surface area contributed by atoms with Crippen molar-refractivity contribution in [2.45, 2.75) is 109 Å². The third-order valence-electron chi connectivity index (χ3n) is 13.6. The number of alkyl carbamates (subject to hydrolysis) is 2. The Morgan fingerprint density at radius 3 is 1.98 bits per heavy atom. The van der Waals surface area contributed by atoms with Gasteiger partial charge in [-0.1, -0.05) is 58.0 Å². The van der Waals surface area contributed by atoms with E-state index in [0.29, 0.717) is 49.9 Å². The molecule has 3 aromatic rings. The molecule has 8 rings (SSSR count). The lowest BCUT2D eigenvalue weighted by molar-refractivity contribution is -0.139. The summed E-state index contributed by atoms with van der Waals surface area (Å²) in [6, 6.07) is 16.9. The molecule has 3 aliphatic heterocycles. The highest BCUT2D eigenvalue weighted by atomic mass is 16.5. The Morgan fingerprint density at radius 2 is 1.34 bits per heavy atom. The quantitative estimate of drug-likeness (QED) is 0.182. The van der Waals surface area contributed by atoms with Crippen molar-refractivity contribution in [1.29, 1.82) is 0 Å². The highest BCUT2D eigenvalue weighted by Crippen LogP contribution is 2.56. The number of fused-ring (bicyclic) bond motifs is 4. The van der Waals surface area contributed by atoms with E-state index in [1.807, 2.05) is 44.7 Å². The summed E-state index contributed by atoms with van der Waals surface area (Å²) in [7, 11) is 2.57. The molecule has 5 amide bonds. The van der Waals surface area contributed by atoms with Crippen LogP contribution in [0.2, 0.25) is 0 Å². The van der Waals surface area contributed by atoms with Gasteiger partial charge in [0, 0.05) is 30.9 Å². The van der Waals surface area contributed by atoms with Crippen molar-refractivity contribution in [3.63, 3.8) is 0 Å². The molecule has 0 spiro atoms. The van der Waals surface area contributed by atoms with Gasteiger partial charge in [0.2, 0.25) is 17.7 Å². The van der Waals surface area contributed by atoms with Gasteiger partial charge in [-0.25, -0.2) is 9.59 Å². The molecule has 3 N–H and O–H groups in total. The van der Waals surface area contributed by atoms with E-state index >= 15 is 0 Å². The summed E-state index contributed by atoms with van der Waals surface area (Å²) in [4.78, 5) is 73.5. The molecule has 0 bridgehead atoms. The van der Waals surface area contributed by atoms with E-state index in [4.69, 9.17) is 14.5 Å². The van der Waals surface area contributed by atoms with Crippen molar-refractivity contribution in [2.75, 3.05) is 32.6 Å². The largest absolute Gasteiger partial charge is 0.453 e. The number of methoxy groups -OCH3 is 2. The molecule has 2 aliphatic carbocycles. The number of nitrogens with zero attached hydrogens (tertiary/aromatic N) is 3. The first kappa shape index (κ1) is 42.0. The molecule has 0 radical (unpaired) electrons. The van der Waals surface area contributed by atoms with Crippen LogP contribution in [0.5, 0.6) is 0 Å². The van der Waals surface area contributed by atoms with Crippen molar-refractivity contribution in [3.05, 3.63) is 71.3 Å². The number of aliphatic imine (C=N–C) groups is 1. The number of ether oxygens (including phenoxy) is 2. The fourth-order valence-electron chi connectivity index (χ4n) is 10.3. The predicted octanol–water partition coefficient (Wildman–Crippen LogP) is 7.38. The zero-order valence-electron chi connectivity index (χ0n) is 36.1. The standard InChI is InChI=1S/C48H58N6O7/c1-26(2)42(51-47(58)60-5)45(56)53-21-7-9-39(53)38-25-31-23-29(14-20-37(31)50-38)35-19-18-33(36-24-30-13-17-34(30)41(35)36)28-11-15-32(16-12-28)49-44(55)40-10-8-22-54(40)46(57)43(27(3)4)52-48(59)61-6/h11-12,14-16,18-20,23,26-27,30,34,39-40,42-43H,7-10,13,17,21-22,24-25H2,1-6H3,(H,49,55)(H,51,58)(H,52,59)/t30?,34?,39-,40-,42-,43-/m0/s1. The summed E-state index contributed by atoms with van der Waals surface area (Å²) in [6.07, 6.45) is 5.84. The van der Waals surface area contributed by atoms with Crippen LogP contribution in [-0.4, -0.2) is 96.9 Å². The molecule has 13 heteroatoms. The summed E-state index contributed by atoms with van der Waals surface area (Å²) in [5, 5.41) is 8.43. The predicted molar refractivity (Wildman–Crippen MR) is 234 cm³/mol. The monoisotopic (exact) mass is 830 g/mol. The second-order valence-corrected chi connectivity index (χ2v) is 18.0. The molecule has 6 atom stereocenters. The number of likely N-dealkylation sites (tertiary alicyclic amines) is 2. The first-order valence-electron chi connectivity index (χ1n) is 21.9. The highest BCUT2D eigenvalue weighted by molar-refractivity contribution is 6.02. The number of rotatable bonds is 11. The molecule has 61 heavy (non-hydrogen) atoms. The van der Waals surface area contributed by atoms with Gasteiger partial charge in [-0.3, -0.25) is 19.4 Å². The van der Waals surface area contributed by atoms with Crippen LogP contribution in [0.15, 0.2) is 59.6 Å². The zero-order valence-corrected chi connectivity index (χ0v) is 36.1. The van der Waals surface area contributed by atoms with Crippen LogP contribution in [0, 0.1) is 17.8 Å². The Morgan fingerprint density at radius 1 is 0.721 bits per heavy atom. The summed E-state index contributed by atoms with van der Waals surface area (Å²) < 4.78 is 9.55. The highest BCUT2D eigenvalue weighted by Gasteiger charge is 2.43. The Balaban J connectivity index is 0.974. The number of anilines is 1. The minimum atomic E-state index is -0.789. The van der Waals surface area contributed by atoms with Crippen molar-refractivity contribution < 1.29 is 33.4 Å². The third kappa shape index (κ3) is 8.11. The van der Waals surface area contributed by atoms with Crippen LogP contribution >= 0.6 is 0 Å². The van der Waals surface area contributed by atoms with E-state index in [0.717, 1.165) is 36.2 Å². The van der Waals surface area contributed by atoms with Crippen molar-refractivity contribution in [3.8, 4) is 22.3 Å². The summed E-state index contributed by atoms with van der Waals surface area (Å²) in [5.41, 5.74) is 11.4. The fraction of sp³-hybridized carbons (Fsp3) is 0.500. The zero-order chi connectivity index (χ0) is 43.1. The van der Waals surface area contributed by atoms with Crippen LogP contribution < -0.4 is 16.0 Å². The van der Waals surface area contributed by atoms with Crippen LogP contribution in [0.25, 0.3) is 22.3 Å². The number of hydrogen-bond acceptors (Lipinski definition) is 8. The van der Waals surface area contributed by atoms with E-state index in [-0.39, 0.29) is 35.6 Å². The maximum Gasteiger partial charge on any atom is 0.407 e. The number of nitrogens with one attached hydrogen (secondary N) is 3. The number of carbonyl (C=O) groups is 5. The molecule has 2 saturated heterocycles. The van der Waals surface area contributed by atoms with Gasteiger partial charge in [0.05, 0.1) is 25.9 Å². The average molecular weight is 831 g/mol. The molecule has 1 saturated carbocycles. The number of benzene rings is 3. The fourth-order valence-corrected chi connectivity index (χ4v) is 10.3. The average Bonchev–Trinajstić information content (AvgIpc) is 4.06. The molecule has 3 heterocycles. The van der Waals surface area contributed by atoms with Gasteiger partial charge >= 0.3 is 12.2 Å². The Bertz CT molecular complexity index is 2250. The maximum absolute atomic E-state index is 13.8. The summed E-state index contributed by atoms with van der Waals surface area (Å²) in [5.74, 6) is 0.283. The first-order valence-corrected chi connectivity index (χ1v) is 21.9. The number of hydrogen-bond donors (Lipinski definition) is 3. The van der Waals surface area contributed by atoms with Gasteiger partial charge in [-0.2, -0.15) is 0 Å². The van der Waals surface area contributed by atoms with Crippen LogP contribution in [-0.2, 0) is 36.7 Å². The molecule has 3 fully saturated rings. The minimum absolute atomic E-state index is 0.0924. The molecule has 13 nitrogen and oxygen atoms in total. The van der Waals surface area contributed by atoms with Gasteiger partial charge in [-0.15, -0.1) is 0 Å². The lowest BCUT2D eigenvalue weighted by atomic mass is 9.73. The minimum Gasteiger partial charge on any atom is -0.453 e. The van der Waals surface area contributed by atoms with E-state index in [1.165, 1.54) is 60.4 Å². The Labute approximate surface area is 358 Å². The van der Waals surface area contributed by atoms with Gasteiger partial charge in [-0.05, 0) is 132 Å². The van der Waals surface area contributed by atoms with Gasteiger partial charge in [0.1, 0.15) is 18.1 Å². The number of amides is 5. The van der Waals surface area contributed by atoms with E-state index in [1.54, 1.807) is 4.90 Å². The lowest BCUT2D eigenvalue weighted by Crippen LogP contribution is -2.54. The van der Waals surface area contributed by atoms with E-state index in [9.17, 15) is 24.0 Å². The second-order valence-electron chi connectivity index (χ2n) is 18.0. The normalized spacial score (nSPS) is 22.1. The summed E-state index contributed by atoms with van der Waals surface area (Å²) >= 11 is 0. The third-order valence-corrected chi connectivity index (χ3v) is 13.6. The van der Waals surface area contributed by atoms with Gasteiger partial charge in [0.25, 0.3) is 0 Å². The maximum atomic E-state index is 13.8. The molecular formula is C48H58N6O7. The van der Waals surface area contributed by atoms with Crippen LogP contribution in [0.4, 0.5) is 21.0 Å². The van der Waals surface area contributed by atoms with Crippen molar-refractivity contribution in [2.24, 2.45) is 22.7 Å². The lowest BCUT2D eigenvalue weighted by Gasteiger charge is -2.31. The molecule has 0 aromatic heterocycles. The van der Waals surface area contributed by atoms with Crippen LogP contribution in [0.1, 0.15) is 88.8 Å². The van der Waals surface area contributed by atoms with Gasteiger partial charge in [0.15, 0.2) is 0 Å².